The van der Waals surface area contributed by atoms with Crippen LogP contribution in [0, 0.1) is 0 Å². The van der Waals surface area contributed by atoms with Crippen LogP contribution in [0.3, 0.4) is 0 Å². The van der Waals surface area contributed by atoms with E-state index in [1.165, 1.54) is 0 Å². The summed E-state index contributed by atoms with van der Waals surface area (Å²) in [6.45, 7) is 4.20. The van der Waals surface area contributed by atoms with Gasteiger partial charge in [-0.1, -0.05) is 0 Å². The molecule has 1 fully saturated rings. The lowest BCUT2D eigenvalue weighted by Gasteiger charge is -2.22. The Kier molecular flexibility index (Phi) is 5.03. The summed E-state index contributed by atoms with van der Waals surface area (Å²) in [5.41, 5.74) is 0.224. The maximum Gasteiger partial charge on any atom is 0.267 e. The number of carbonyl (C=O) groups excluding carboxylic acids is 2. The van der Waals surface area contributed by atoms with Crippen molar-refractivity contribution in [2.24, 2.45) is 0 Å². The molecule has 22 heavy (non-hydrogen) atoms. The quantitative estimate of drug-likeness (QED) is 0.692. The van der Waals surface area contributed by atoms with Crippen molar-refractivity contribution in [3.8, 4) is 5.75 Å². The van der Waals surface area contributed by atoms with E-state index in [1.54, 1.807) is 26.0 Å². The van der Waals surface area contributed by atoms with Crippen molar-refractivity contribution < 1.29 is 19.4 Å². The summed E-state index contributed by atoms with van der Waals surface area (Å²) >= 11 is 0. The van der Waals surface area contributed by atoms with E-state index in [2.05, 4.69) is 10.6 Å². The highest BCUT2D eigenvalue weighted by atomic mass is 16.5. The molecule has 1 atom stereocenters. The average molecular weight is 306 g/mol. The van der Waals surface area contributed by atoms with E-state index in [4.69, 9.17) is 4.74 Å². The molecule has 0 aromatic heterocycles. The predicted molar refractivity (Wildman–Crippen MR) is 82.6 cm³/mol. The number of carbonyl (C=O) groups is 2. The maximum absolute atomic E-state index is 11.6. The molecule has 120 valence electrons. The second-order valence-corrected chi connectivity index (χ2v) is 6.07. The molecule has 0 radical (unpaired) electrons. The molecular formula is C16H22N2O4. The van der Waals surface area contributed by atoms with Crippen molar-refractivity contribution in [3.05, 3.63) is 24.3 Å². The molecule has 6 nitrogen and oxygen atoms in total. The topological polar surface area (TPSA) is 87.7 Å². The largest absolute Gasteiger partial charge is 0.481 e. The molecule has 2 amide bonds. The van der Waals surface area contributed by atoms with Crippen LogP contribution < -0.4 is 15.4 Å². The number of hydrogen-bond donors (Lipinski definition) is 3. The van der Waals surface area contributed by atoms with E-state index in [1.807, 2.05) is 12.1 Å². The van der Waals surface area contributed by atoms with Crippen molar-refractivity contribution in [2.75, 3.05) is 11.9 Å². The molecular weight excluding hydrogens is 284 g/mol. The van der Waals surface area contributed by atoms with Gasteiger partial charge in [0, 0.05) is 25.1 Å². The van der Waals surface area contributed by atoms with E-state index < -0.39 is 11.7 Å². The summed E-state index contributed by atoms with van der Waals surface area (Å²) < 4.78 is 5.60. The van der Waals surface area contributed by atoms with Gasteiger partial charge in [0.2, 0.25) is 5.91 Å². The first-order valence-corrected chi connectivity index (χ1v) is 7.40. The Balaban J connectivity index is 1.84. The van der Waals surface area contributed by atoms with Crippen molar-refractivity contribution in [1.82, 2.24) is 5.32 Å². The third kappa shape index (κ3) is 5.04. The van der Waals surface area contributed by atoms with E-state index in [-0.39, 0.29) is 11.8 Å². The molecule has 1 unspecified atom stereocenters. The minimum absolute atomic E-state index is 0.254. The third-order valence-corrected chi connectivity index (χ3v) is 3.39. The third-order valence-electron chi connectivity index (χ3n) is 3.39. The number of rotatable bonds is 6. The summed E-state index contributed by atoms with van der Waals surface area (Å²) in [4.78, 5) is 22.7. The Labute approximate surface area is 129 Å². The lowest BCUT2D eigenvalue weighted by Crippen LogP contribution is -2.46. The second kappa shape index (κ2) is 6.79. The van der Waals surface area contributed by atoms with Gasteiger partial charge < -0.3 is 15.2 Å². The van der Waals surface area contributed by atoms with Crippen LogP contribution in [0.25, 0.3) is 0 Å². The lowest BCUT2D eigenvalue weighted by atomic mass is 10.1. The first-order chi connectivity index (χ1) is 10.3. The number of ether oxygens (including phenoxy) is 1. The average Bonchev–Trinajstić information content (AvgIpc) is 2.42. The fourth-order valence-corrected chi connectivity index (χ4v) is 2.11. The molecule has 1 heterocycles. The second-order valence-electron chi connectivity index (χ2n) is 6.07. The van der Waals surface area contributed by atoms with Crippen molar-refractivity contribution in [1.29, 1.82) is 0 Å². The van der Waals surface area contributed by atoms with Gasteiger partial charge in [-0.3, -0.25) is 14.9 Å². The molecule has 0 spiro atoms. The molecule has 0 aliphatic carbocycles. The van der Waals surface area contributed by atoms with Gasteiger partial charge in [-0.2, -0.15) is 0 Å². The van der Waals surface area contributed by atoms with Gasteiger partial charge in [0.15, 0.2) is 6.10 Å². The normalized spacial score (nSPS) is 18.8. The van der Waals surface area contributed by atoms with E-state index in [0.29, 0.717) is 31.6 Å². The first kappa shape index (κ1) is 16.3. The Hall–Kier alpha value is -2.08. The van der Waals surface area contributed by atoms with E-state index in [0.717, 1.165) is 5.69 Å². The van der Waals surface area contributed by atoms with Crippen LogP contribution in [-0.4, -0.2) is 35.2 Å². The predicted octanol–water partition coefficient (Wildman–Crippen LogP) is 1.44. The number of piperidine rings is 1. The Morgan fingerprint density at radius 2 is 2.00 bits per heavy atom. The number of amides is 2. The van der Waals surface area contributed by atoms with Crippen LogP contribution in [0.4, 0.5) is 5.69 Å². The number of benzene rings is 1. The number of hydrogen-bond acceptors (Lipinski definition) is 5. The zero-order chi connectivity index (χ0) is 16.2. The first-order valence-electron chi connectivity index (χ1n) is 7.40. The SMILES string of the molecule is CC(C)(O)CCNc1ccc(OC2CCC(=O)NC2=O)cc1. The van der Waals surface area contributed by atoms with Crippen LogP contribution >= 0.6 is 0 Å². The minimum Gasteiger partial charge on any atom is -0.481 e. The highest BCUT2D eigenvalue weighted by Crippen LogP contribution is 2.20. The molecule has 2 rings (SSSR count). The van der Waals surface area contributed by atoms with Crippen molar-refractivity contribution in [3.63, 3.8) is 0 Å². The van der Waals surface area contributed by atoms with E-state index in [9.17, 15) is 14.7 Å². The van der Waals surface area contributed by atoms with Crippen molar-refractivity contribution >= 4 is 17.5 Å². The number of nitrogens with one attached hydrogen (secondary N) is 2. The van der Waals surface area contributed by atoms with Gasteiger partial charge in [-0.25, -0.2) is 0 Å². The molecule has 1 aliphatic rings. The zero-order valence-electron chi connectivity index (χ0n) is 12.9. The summed E-state index contributed by atoms with van der Waals surface area (Å²) in [5.74, 6) is -0.0534. The minimum atomic E-state index is -0.693. The fourth-order valence-electron chi connectivity index (χ4n) is 2.11. The number of anilines is 1. The lowest BCUT2D eigenvalue weighted by molar-refractivity contribution is -0.138. The molecule has 1 aromatic carbocycles. The van der Waals surface area contributed by atoms with E-state index >= 15 is 0 Å². The summed E-state index contributed by atoms with van der Waals surface area (Å²) in [7, 11) is 0. The van der Waals surface area contributed by atoms with Crippen molar-refractivity contribution in [2.45, 2.75) is 44.8 Å². The van der Waals surface area contributed by atoms with Crippen LogP contribution in [-0.2, 0) is 9.59 Å². The molecule has 1 aromatic rings. The smallest absolute Gasteiger partial charge is 0.267 e. The number of imide groups is 1. The van der Waals surface area contributed by atoms with Gasteiger partial charge in [-0.05, 0) is 44.5 Å². The molecule has 0 saturated carbocycles. The van der Waals surface area contributed by atoms with Crippen LogP contribution in [0.1, 0.15) is 33.1 Å². The molecule has 1 saturated heterocycles. The van der Waals surface area contributed by atoms with Gasteiger partial charge in [0.1, 0.15) is 5.75 Å². The van der Waals surface area contributed by atoms with Crippen LogP contribution in [0.5, 0.6) is 5.75 Å². The van der Waals surface area contributed by atoms with Crippen LogP contribution in [0.2, 0.25) is 0 Å². The molecule has 3 N–H and O–H groups in total. The highest BCUT2D eigenvalue weighted by molar-refractivity contribution is 5.99. The summed E-state index contributed by atoms with van der Waals surface area (Å²) in [6.07, 6.45) is 0.719. The molecule has 6 heteroatoms. The van der Waals surface area contributed by atoms with Gasteiger partial charge in [-0.15, -0.1) is 0 Å². The summed E-state index contributed by atoms with van der Waals surface area (Å²) in [5, 5.41) is 15.1. The fraction of sp³-hybridized carbons (Fsp3) is 0.500. The number of aliphatic hydroxyl groups is 1. The monoisotopic (exact) mass is 306 g/mol. The molecule has 1 aliphatic heterocycles. The molecule has 0 bridgehead atoms. The Morgan fingerprint density at radius 1 is 1.32 bits per heavy atom. The maximum atomic E-state index is 11.6. The van der Waals surface area contributed by atoms with Crippen LogP contribution in [0.15, 0.2) is 24.3 Å². The Bertz CT molecular complexity index is 534. The highest BCUT2D eigenvalue weighted by Gasteiger charge is 2.28. The van der Waals surface area contributed by atoms with Gasteiger partial charge in [0.05, 0.1) is 5.60 Å². The Morgan fingerprint density at radius 3 is 2.59 bits per heavy atom. The standard InChI is InChI=1S/C16H22N2O4/c1-16(2,21)9-10-17-11-3-5-12(6-4-11)22-13-7-8-14(19)18-15(13)20/h3-6,13,17,21H,7-10H2,1-2H3,(H,18,19,20). The summed E-state index contributed by atoms with van der Waals surface area (Å²) in [6, 6.07) is 7.25. The van der Waals surface area contributed by atoms with Gasteiger partial charge >= 0.3 is 0 Å². The zero-order valence-corrected chi connectivity index (χ0v) is 12.9. The van der Waals surface area contributed by atoms with Gasteiger partial charge in [0.25, 0.3) is 5.91 Å².